The van der Waals surface area contributed by atoms with Gasteiger partial charge in [0.05, 0.1) is 7.11 Å². The van der Waals surface area contributed by atoms with Crippen LogP contribution in [-0.2, 0) is 11.3 Å². The lowest BCUT2D eigenvalue weighted by molar-refractivity contribution is -0.121. The highest BCUT2D eigenvalue weighted by Gasteiger charge is 2.22. The molecule has 1 N–H and O–H groups in total. The summed E-state index contributed by atoms with van der Waals surface area (Å²) in [5.74, 6) is 2.21. The van der Waals surface area contributed by atoms with Crippen LogP contribution in [0.3, 0.4) is 0 Å². The first kappa shape index (κ1) is 18.2. The van der Waals surface area contributed by atoms with Crippen molar-refractivity contribution in [1.29, 1.82) is 0 Å². The summed E-state index contributed by atoms with van der Waals surface area (Å²) in [6.45, 7) is 2.44. The van der Waals surface area contributed by atoms with Gasteiger partial charge < -0.3 is 15.0 Å². The van der Waals surface area contributed by atoms with Gasteiger partial charge in [-0.25, -0.2) is 9.97 Å². The SMILES string of the molecule is COc1cccc(CNC(=O)CC[C@@H]2CCCN(c3ncccn3)C2)c1. The number of nitrogens with one attached hydrogen (secondary N) is 1. The van der Waals surface area contributed by atoms with E-state index in [0.717, 1.165) is 49.6 Å². The van der Waals surface area contributed by atoms with Crippen molar-refractivity contribution in [3.63, 3.8) is 0 Å². The van der Waals surface area contributed by atoms with Gasteiger partial charge in [-0.3, -0.25) is 4.79 Å². The van der Waals surface area contributed by atoms with Gasteiger partial charge in [-0.15, -0.1) is 0 Å². The van der Waals surface area contributed by atoms with E-state index < -0.39 is 0 Å². The second kappa shape index (κ2) is 9.17. The van der Waals surface area contributed by atoms with Crippen LogP contribution in [0.2, 0.25) is 0 Å². The minimum Gasteiger partial charge on any atom is -0.497 e. The fourth-order valence-electron chi connectivity index (χ4n) is 3.34. The summed E-state index contributed by atoms with van der Waals surface area (Å²) in [7, 11) is 1.64. The van der Waals surface area contributed by atoms with Crippen LogP contribution >= 0.6 is 0 Å². The summed E-state index contributed by atoms with van der Waals surface area (Å²) < 4.78 is 5.21. The minimum atomic E-state index is 0.0981. The summed E-state index contributed by atoms with van der Waals surface area (Å²) in [5, 5.41) is 3.00. The van der Waals surface area contributed by atoms with Crippen molar-refractivity contribution in [2.45, 2.75) is 32.2 Å². The molecule has 1 saturated heterocycles. The maximum absolute atomic E-state index is 12.2. The topological polar surface area (TPSA) is 67.3 Å². The van der Waals surface area contributed by atoms with Gasteiger partial charge in [0, 0.05) is 38.4 Å². The Labute approximate surface area is 154 Å². The molecule has 26 heavy (non-hydrogen) atoms. The van der Waals surface area contributed by atoms with Gasteiger partial charge in [0.1, 0.15) is 5.75 Å². The standard InChI is InChI=1S/C20H26N4O2/c1-26-18-7-2-5-17(13-18)14-23-19(25)9-8-16-6-3-12-24(15-16)20-21-10-4-11-22-20/h2,4-5,7,10-11,13,16H,3,6,8-9,12,14-15H2,1H3,(H,23,25)/t16-/m0/s1. The number of rotatable bonds is 7. The predicted molar refractivity (Wildman–Crippen MR) is 101 cm³/mol. The van der Waals surface area contributed by atoms with E-state index in [1.54, 1.807) is 19.5 Å². The number of benzene rings is 1. The molecule has 2 aromatic rings. The van der Waals surface area contributed by atoms with Gasteiger partial charge >= 0.3 is 0 Å². The molecule has 0 saturated carbocycles. The Kier molecular flexibility index (Phi) is 6.41. The summed E-state index contributed by atoms with van der Waals surface area (Å²) >= 11 is 0. The van der Waals surface area contributed by atoms with Gasteiger partial charge in [-0.2, -0.15) is 0 Å². The van der Waals surface area contributed by atoms with Crippen molar-refractivity contribution < 1.29 is 9.53 Å². The smallest absolute Gasteiger partial charge is 0.225 e. The van der Waals surface area contributed by atoms with E-state index in [0.29, 0.717) is 18.9 Å². The van der Waals surface area contributed by atoms with Crippen LogP contribution in [0, 0.1) is 5.92 Å². The zero-order valence-electron chi connectivity index (χ0n) is 15.2. The Balaban J connectivity index is 1.42. The van der Waals surface area contributed by atoms with Crippen LogP contribution in [0.1, 0.15) is 31.2 Å². The fourth-order valence-corrected chi connectivity index (χ4v) is 3.34. The Morgan fingerprint density at radius 2 is 2.15 bits per heavy atom. The molecule has 3 rings (SSSR count). The molecule has 6 heteroatoms. The molecular formula is C20H26N4O2. The van der Waals surface area contributed by atoms with Gasteiger partial charge in [0.2, 0.25) is 11.9 Å². The molecule has 0 aliphatic carbocycles. The van der Waals surface area contributed by atoms with Crippen molar-refractivity contribution >= 4 is 11.9 Å². The molecule has 1 amide bonds. The van der Waals surface area contributed by atoms with Crippen LogP contribution < -0.4 is 15.0 Å². The molecule has 1 fully saturated rings. The molecule has 2 heterocycles. The molecule has 1 aliphatic heterocycles. The first-order valence-electron chi connectivity index (χ1n) is 9.16. The van der Waals surface area contributed by atoms with Crippen molar-refractivity contribution in [2.75, 3.05) is 25.1 Å². The Morgan fingerprint density at radius 1 is 1.31 bits per heavy atom. The third-order valence-corrected chi connectivity index (χ3v) is 4.76. The van der Waals surface area contributed by atoms with E-state index in [1.165, 1.54) is 0 Å². The first-order valence-corrected chi connectivity index (χ1v) is 9.16. The number of carbonyl (C=O) groups excluding carboxylic acids is 1. The highest BCUT2D eigenvalue weighted by molar-refractivity contribution is 5.75. The molecular weight excluding hydrogens is 328 g/mol. The van der Waals surface area contributed by atoms with Crippen LogP contribution in [0.4, 0.5) is 5.95 Å². The molecule has 6 nitrogen and oxygen atoms in total. The molecule has 138 valence electrons. The van der Waals surface area contributed by atoms with Gasteiger partial charge in [0.25, 0.3) is 0 Å². The molecule has 0 radical (unpaired) electrons. The molecule has 0 bridgehead atoms. The average Bonchev–Trinajstić information content (AvgIpc) is 2.72. The quantitative estimate of drug-likeness (QED) is 0.828. The lowest BCUT2D eigenvalue weighted by atomic mass is 9.93. The second-order valence-corrected chi connectivity index (χ2v) is 6.67. The van der Waals surface area contributed by atoms with E-state index in [9.17, 15) is 4.79 Å². The number of amides is 1. The zero-order chi connectivity index (χ0) is 18.2. The van der Waals surface area contributed by atoms with Crippen LogP contribution in [0.15, 0.2) is 42.7 Å². The summed E-state index contributed by atoms with van der Waals surface area (Å²) in [6, 6.07) is 9.59. The van der Waals surface area contributed by atoms with Crippen LogP contribution in [0.5, 0.6) is 5.75 Å². The van der Waals surface area contributed by atoms with Gasteiger partial charge in [-0.05, 0) is 48.9 Å². The number of anilines is 1. The molecule has 0 spiro atoms. The van der Waals surface area contributed by atoms with E-state index in [-0.39, 0.29) is 5.91 Å². The van der Waals surface area contributed by atoms with Gasteiger partial charge in [0.15, 0.2) is 0 Å². The zero-order valence-corrected chi connectivity index (χ0v) is 15.2. The lowest BCUT2D eigenvalue weighted by Crippen LogP contribution is -2.37. The number of hydrogen-bond acceptors (Lipinski definition) is 5. The predicted octanol–water partition coefficient (Wildman–Crippen LogP) is 2.80. The van der Waals surface area contributed by atoms with Crippen molar-refractivity contribution in [3.05, 3.63) is 48.3 Å². The minimum absolute atomic E-state index is 0.0981. The van der Waals surface area contributed by atoms with E-state index >= 15 is 0 Å². The average molecular weight is 354 g/mol. The third-order valence-electron chi connectivity index (χ3n) is 4.76. The molecule has 0 unspecified atom stereocenters. The summed E-state index contributed by atoms with van der Waals surface area (Å²) in [4.78, 5) is 23.1. The van der Waals surface area contributed by atoms with Crippen LogP contribution in [-0.4, -0.2) is 36.1 Å². The van der Waals surface area contributed by atoms with E-state index in [4.69, 9.17) is 4.74 Å². The molecule has 1 atom stereocenters. The van der Waals surface area contributed by atoms with Crippen molar-refractivity contribution in [2.24, 2.45) is 5.92 Å². The Morgan fingerprint density at radius 3 is 2.96 bits per heavy atom. The largest absolute Gasteiger partial charge is 0.497 e. The second-order valence-electron chi connectivity index (χ2n) is 6.67. The Hall–Kier alpha value is -2.63. The number of hydrogen-bond donors (Lipinski definition) is 1. The number of carbonyl (C=O) groups is 1. The monoisotopic (exact) mass is 354 g/mol. The maximum Gasteiger partial charge on any atom is 0.225 e. The molecule has 1 aliphatic rings. The molecule has 1 aromatic carbocycles. The summed E-state index contributed by atoms with van der Waals surface area (Å²) in [6.07, 6.45) is 7.28. The Bertz CT molecular complexity index is 708. The highest BCUT2D eigenvalue weighted by atomic mass is 16.5. The van der Waals surface area contributed by atoms with Gasteiger partial charge in [-0.1, -0.05) is 12.1 Å². The highest BCUT2D eigenvalue weighted by Crippen LogP contribution is 2.23. The summed E-state index contributed by atoms with van der Waals surface area (Å²) in [5.41, 5.74) is 1.04. The normalized spacial score (nSPS) is 17.0. The van der Waals surface area contributed by atoms with Crippen LogP contribution in [0.25, 0.3) is 0 Å². The number of piperidine rings is 1. The fraction of sp³-hybridized carbons (Fsp3) is 0.450. The number of aromatic nitrogens is 2. The lowest BCUT2D eigenvalue weighted by Gasteiger charge is -2.32. The first-order chi connectivity index (χ1) is 12.7. The van der Waals surface area contributed by atoms with Crippen molar-refractivity contribution in [3.8, 4) is 5.75 Å². The van der Waals surface area contributed by atoms with E-state index in [2.05, 4.69) is 20.2 Å². The number of ether oxygens (including phenoxy) is 1. The number of nitrogens with zero attached hydrogens (tertiary/aromatic N) is 3. The third kappa shape index (κ3) is 5.18. The van der Waals surface area contributed by atoms with E-state index in [1.807, 2.05) is 30.3 Å². The molecule has 1 aromatic heterocycles. The number of methoxy groups -OCH3 is 1. The maximum atomic E-state index is 12.2. The van der Waals surface area contributed by atoms with Crippen molar-refractivity contribution in [1.82, 2.24) is 15.3 Å².